The monoisotopic (exact) mass is 435 g/mol. The van der Waals surface area contributed by atoms with Crippen molar-refractivity contribution in [3.8, 4) is 5.75 Å². The van der Waals surface area contributed by atoms with E-state index in [4.69, 9.17) is 4.74 Å². The van der Waals surface area contributed by atoms with Gasteiger partial charge in [-0.2, -0.15) is 0 Å². The van der Waals surface area contributed by atoms with Crippen LogP contribution in [0.1, 0.15) is 22.8 Å². The van der Waals surface area contributed by atoms with Gasteiger partial charge in [-0.05, 0) is 68.1 Å². The minimum atomic E-state index is -0.393. The summed E-state index contributed by atoms with van der Waals surface area (Å²) in [5, 5.41) is 5.52. The second-order valence-corrected chi connectivity index (χ2v) is 7.30. The quantitative estimate of drug-likeness (QED) is 0.517. The summed E-state index contributed by atoms with van der Waals surface area (Å²) < 4.78 is 18.5. The van der Waals surface area contributed by atoms with Gasteiger partial charge >= 0.3 is 0 Å². The number of hydrogen-bond acceptors (Lipinski definition) is 4. The van der Waals surface area contributed by atoms with Crippen molar-refractivity contribution in [2.24, 2.45) is 0 Å². The van der Waals surface area contributed by atoms with Crippen LogP contribution in [0.2, 0.25) is 0 Å². The predicted molar refractivity (Wildman–Crippen MR) is 123 cm³/mol. The molecule has 3 aromatic rings. The molecular weight excluding hydrogens is 409 g/mol. The zero-order chi connectivity index (χ0) is 22.9. The Kier molecular flexibility index (Phi) is 7.94. The zero-order valence-corrected chi connectivity index (χ0v) is 18.1. The van der Waals surface area contributed by atoms with Crippen molar-refractivity contribution < 1.29 is 18.7 Å². The topological polar surface area (TPSA) is 70.7 Å². The summed E-state index contributed by atoms with van der Waals surface area (Å²) in [7, 11) is 1.85. The van der Waals surface area contributed by atoms with Gasteiger partial charge < -0.3 is 15.4 Å². The van der Waals surface area contributed by atoms with Gasteiger partial charge in [0.2, 0.25) is 5.91 Å². The molecule has 0 aliphatic rings. The number of ether oxygens (including phenoxy) is 1. The summed E-state index contributed by atoms with van der Waals surface area (Å²) in [5.74, 6) is -0.201. The summed E-state index contributed by atoms with van der Waals surface area (Å²) in [5.41, 5.74) is 2.25. The van der Waals surface area contributed by atoms with Crippen LogP contribution in [0.4, 0.5) is 15.8 Å². The number of benzene rings is 3. The van der Waals surface area contributed by atoms with Gasteiger partial charge in [-0.1, -0.05) is 24.3 Å². The fourth-order valence-electron chi connectivity index (χ4n) is 3.18. The standard InChI is InChI=1S/C25H26FN3O3/c1-3-32-21-14-8-18(9-15-21)16-29(2)17-24(30)28-23-7-5-4-6-22(23)25(31)27-20-12-10-19(26)11-13-20/h4-15H,3,16-17H2,1-2H3,(H,27,31)(H,28,30). The van der Waals surface area contributed by atoms with Crippen LogP contribution in [0.15, 0.2) is 72.8 Å². The smallest absolute Gasteiger partial charge is 0.257 e. The third kappa shape index (κ3) is 6.65. The highest BCUT2D eigenvalue weighted by atomic mass is 19.1. The largest absolute Gasteiger partial charge is 0.494 e. The maximum absolute atomic E-state index is 13.1. The van der Waals surface area contributed by atoms with Gasteiger partial charge in [0.05, 0.1) is 24.4 Å². The predicted octanol–water partition coefficient (Wildman–Crippen LogP) is 4.55. The van der Waals surface area contributed by atoms with E-state index in [0.29, 0.717) is 30.1 Å². The number of nitrogens with one attached hydrogen (secondary N) is 2. The van der Waals surface area contributed by atoms with Gasteiger partial charge in [0, 0.05) is 12.2 Å². The van der Waals surface area contributed by atoms with Crippen LogP contribution >= 0.6 is 0 Å². The molecule has 0 heterocycles. The first-order chi connectivity index (χ1) is 15.4. The molecule has 0 aliphatic heterocycles. The van der Waals surface area contributed by atoms with E-state index >= 15 is 0 Å². The first kappa shape index (κ1) is 23.0. The highest BCUT2D eigenvalue weighted by Gasteiger charge is 2.15. The van der Waals surface area contributed by atoms with Crippen LogP contribution in [-0.2, 0) is 11.3 Å². The number of hydrogen-bond donors (Lipinski definition) is 2. The first-order valence-corrected chi connectivity index (χ1v) is 10.3. The Bertz CT molecular complexity index is 1050. The number of carbonyl (C=O) groups is 2. The summed E-state index contributed by atoms with van der Waals surface area (Å²) in [6, 6.07) is 20.0. The molecule has 0 atom stereocenters. The van der Waals surface area contributed by atoms with Gasteiger partial charge in [-0.25, -0.2) is 4.39 Å². The molecule has 3 aromatic carbocycles. The van der Waals surface area contributed by atoms with Crippen LogP contribution in [-0.4, -0.2) is 36.9 Å². The number of carbonyl (C=O) groups excluding carboxylic acids is 2. The molecule has 0 radical (unpaired) electrons. The van der Waals surface area contributed by atoms with Crippen molar-refractivity contribution >= 4 is 23.2 Å². The number of amides is 2. The Hall–Kier alpha value is -3.71. The lowest BCUT2D eigenvalue weighted by molar-refractivity contribution is -0.117. The van der Waals surface area contributed by atoms with E-state index in [0.717, 1.165) is 11.3 Å². The molecular formula is C25H26FN3O3. The molecule has 0 bridgehead atoms. The molecule has 32 heavy (non-hydrogen) atoms. The van der Waals surface area contributed by atoms with Gasteiger partial charge in [0.25, 0.3) is 5.91 Å². The van der Waals surface area contributed by atoms with Gasteiger partial charge in [-0.15, -0.1) is 0 Å². The van der Waals surface area contributed by atoms with Crippen LogP contribution in [0.25, 0.3) is 0 Å². The average Bonchev–Trinajstić information content (AvgIpc) is 2.77. The van der Waals surface area contributed by atoms with Gasteiger partial charge in [0.1, 0.15) is 11.6 Å². The Balaban J connectivity index is 1.58. The fourth-order valence-corrected chi connectivity index (χ4v) is 3.18. The van der Waals surface area contributed by atoms with E-state index in [1.807, 2.05) is 43.1 Å². The fraction of sp³-hybridized carbons (Fsp3) is 0.200. The number of anilines is 2. The van der Waals surface area contributed by atoms with Crippen molar-refractivity contribution in [2.75, 3.05) is 30.8 Å². The van der Waals surface area contributed by atoms with Gasteiger partial charge in [-0.3, -0.25) is 14.5 Å². The van der Waals surface area contributed by atoms with Crippen molar-refractivity contribution in [3.63, 3.8) is 0 Å². The maximum Gasteiger partial charge on any atom is 0.257 e. The second-order valence-electron chi connectivity index (χ2n) is 7.30. The van der Waals surface area contributed by atoms with E-state index in [9.17, 15) is 14.0 Å². The first-order valence-electron chi connectivity index (χ1n) is 10.3. The lowest BCUT2D eigenvalue weighted by Crippen LogP contribution is -2.30. The Morgan fingerprint density at radius 3 is 2.31 bits per heavy atom. The van der Waals surface area contributed by atoms with Crippen molar-refractivity contribution in [1.29, 1.82) is 0 Å². The number of halogens is 1. The third-order valence-electron chi connectivity index (χ3n) is 4.65. The van der Waals surface area contributed by atoms with Crippen molar-refractivity contribution in [1.82, 2.24) is 4.90 Å². The molecule has 0 spiro atoms. The minimum absolute atomic E-state index is 0.154. The van der Waals surface area contributed by atoms with E-state index in [1.54, 1.807) is 24.3 Å². The summed E-state index contributed by atoms with van der Waals surface area (Å²) >= 11 is 0. The third-order valence-corrected chi connectivity index (χ3v) is 4.65. The molecule has 0 unspecified atom stereocenters. The molecule has 0 aromatic heterocycles. The van der Waals surface area contributed by atoms with Gasteiger partial charge in [0.15, 0.2) is 0 Å². The SMILES string of the molecule is CCOc1ccc(CN(C)CC(=O)Nc2ccccc2C(=O)Nc2ccc(F)cc2)cc1. The van der Waals surface area contributed by atoms with Crippen LogP contribution in [0.5, 0.6) is 5.75 Å². The summed E-state index contributed by atoms with van der Waals surface area (Å²) in [6.45, 7) is 3.29. The molecule has 0 saturated carbocycles. The highest BCUT2D eigenvalue weighted by Crippen LogP contribution is 2.18. The van der Waals surface area contributed by atoms with Crippen LogP contribution < -0.4 is 15.4 Å². The minimum Gasteiger partial charge on any atom is -0.494 e. The molecule has 6 nitrogen and oxygen atoms in total. The zero-order valence-electron chi connectivity index (χ0n) is 18.1. The van der Waals surface area contributed by atoms with Crippen LogP contribution in [0.3, 0.4) is 0 Å². The number of likely N-dealkylation sites (N-methyl/N-ethyl adjacent to an activating group) is 1. The number of para-hydroxylation sites is 1. The molecule has 7 heteroatoms. The molecule has 166 valence electrons. The van der Waals surface area contributed by atoms with E-state index in [2.05, 4.69) is 10.6 Å². The summed E-state index contributed by atoms with van der Waals surface area (Å²) in [6.07, 6.45) is 0. The molecule has 2 N–H and O–H groups in total. The highest BCUT2D eigenvalue weighted by molar-refractivity contribution is 6.10. The molecule has 0 aliphatic carbocycles. The van der Waals surface area contributed by atoms with E-state index in [1.165, 1.54) is 24.3 Å². The molecule has 2 amide bonds. The number of rotatable bonds is 9. The second kappa shape index (κ2) is 11.1. The molecule has 3 rings (SSSR count). The Labute approximate surface area is 187 Å². The lowest BCUT2D eigenvalue weighted by Gasteiger charge is -2.17. The van der Waals surface area contributed by atoms with Crippen molar-refractivity contribution in [2.45, 2.75) is 13.5 Å². The maximum atomic E-state index is 13.1. The molecule has 0 saturated heterocycles. The molecule has 0 fully saturated rings. The number of nitrogens with zero attached hydrogens (tertiary/aromatic N) is 1. The van der Waals surface area contributed by atoms with E-state index in [-0.39, 0.29) is 18.3 Å². The summed E-state index contributed by atoms with van der Waals surface area (Å²) in [4.78, 5) is 27.1. The van der Waals surface area contributed by atoms with Crippen LogP contribution in [0, 0.1) is 5.82 Å². The van der Waals surface area contributed by atoms with Crippen molar-refractivity contribution in [3.05, 3.63) is 89.7 Å². The lowest BCUT2D eigenvalue weighted by atomic mass is 10.1. The Morgan fingerprint density at radius 1 is 0.938 bits per heavy atom. The normalized spacial score (nSPS) is 10.6. The Morgan fingerprint density at radius 2 is 1.62 bits per heavy atom. The average molecular weight is 435 g/mol. The van der Waals surface area contributed by atoms with E-state index < -0.39 is 5.91 Å².